The second-order valence-electron chi connectivity index (χ2n) is 9.17. The molecule has 4 rings (SSSR count). The Kier molecular flexibility index (Phi) is 6.32. The van der Waals surface area contributed by atoms with Crippen LogP contribution in [-0.4, -0.2) is 51.1 Å². The Morgan fingerprint density at radius 3 is 2.39 bits per heavy atom. The molecule has 1 atom stereocenters. The highest BCUT2D eigenvalue weighted by atomic mass is 16.5. The number of anilines is 1. The third kappa shape index (κ3) is 3.97. The number of carbonyl (C=O) groups excluding carboxylic acids is 4. The number of carboxylic acid groups (broad SMARTS) is 1. The fourth-order valence-electron chi connectivity index (χ4n) is 4.60. The minimum atomic E-state index is -1.67. The van der Waals surface area contributed by atoms with Crippen LogP contribution in [0, 0.1) is 6.92 Å². The summed E-state index contributed by atoms with van der Waals surface area (Å²) in [5.74, 6) is -4.92. The predicted molar refractivity (Wildman–Crippen MR) is 133 cm³/mol. The average Bonchev–Trinajstić information content (AvgIpc) is 3.14. The van der Waals surface area contributed by atoms with Crippen molar-refractivity contribution in [2.75, 3.05) is 11.9 Å². The summed E-state index contributed by atoms with van der Waals surface area (Å²) < 4.78 is 5.71. The van der Waals surface area contributed by atoms with E-state index in [1.165, 1.54) is 52.0 Å². The number of allylic oxidation sites excluding steroid dienone is 4. The highest BCUT2D eigenvalue weighted by Gasteiger charge is 2.56. The highest BCUT2D eigenvalue weighted by molar-refractivity contribution is 6.31. The molecule has 0 aromatic heterocycles. The van der Waals surface area contributed by atoms with Gasteiger partial charge in [-0.25, -0.2) is 4.79 Å². The summed E-state index contributed by atoms with van der Waals surface area (Å²) in [5.41, 5.74) is -1.89. The first-order valence-corrected chi connectivity index (χ1v) is 11.5. The fraction of sp³-hybridized carbons (Fsp3) is 0.222. The first-order chi connectivity index (χ1) is 17.8. The summed E-state index contributed by atoms with van der Waals surface area (Å²) in [6, 6.07) is 5.64. The van der Waals surface area contributed by atoms with Crippen LogP contribution < -0.4 is 15.4 Å². The molecule has 0 saturated carbocycles. The summed E-state index contributed by atoms with van der Waals surface area (Å²) in [4.78, 5) is 62.5. The smallest absolute Gasteiger partial charge is 0.335 e. The van der Waals surface area contributed by atoms with E-state index in [1.54, 1.807) is 0 Å². The maximum Gasteiger partial charge on any atom is 0.335 e. The van der Waals surface area contributed by atoms with Crippen LogP contribution in [-0.2, 0) is 19.8 Å². The van der Waals surface area contributed by atoms with Gasteiger partial charge in [0.25, 0.3) is 0 Å². The Morgan fingerprint density at radius 2 is 1.76 bits per heavy atom. The number of benzene rings is 2. The van der Waals surface area contributed by atoms with E-state index >= 15 is 0 Å². The molecule has 1 amide bonds. The second-order valence-corrected chi connectivity index (χ2v) is 9.17. The SMILES string of the molecule is CC(=O)c1c(O)c(C)c(O)c2c1OC1=CC(=O)/C(=C(/C)NCC(=O)Nc3cccc(C(=O)O)c3)C(=O)[C@]12C. The van der Waals surface area contributed by atoms with Gasteiger partial charge in [-0.05, 0) is 45.9 Å². The molecule has 11 nitrogen and oxygen atoms in total. The standard InChI is InChI=1S/C27H24N2O9/c1-11-22(33)20(13(3)30)24-21(23(11)34)27(4)17(38-24)9-16(31)19(25(27)35)12(2)28-10-18(32)29-15-7-5-6-14(8-15)26(36)37/h5-9,28,33-34H,10H2,1-4H3,(H,29,32)(H,36,37)/b19-12+/t27-/m1/s1. The van der Waals surface area contributed by atoms with E-state index in [1.807, 2.05) is 0 Å². The van der Waals surface area contributed by atoms with Crippen molar-refractivity contribution in [2.24, 2.45) is 0 Å². The number of fused-ring (bicyclic) bond motifs is 3. The molecule has 1 aliphatic heterocycles. The van der Waals surface area contributed by atoms with Crippen molar-refractivity contribution >= 4 is 34.9 Å². The van der Waals surface area contributed by atoms with Crippen molar-refractivity contribution in [2.45, 2.75) is 33.1 Å². The molecule has 0 spiro atoms. The molecule has 2 aromatic rings. The van der Waals surface area contributed by atoms with E-state index in [4.69, 9.17) is 9.84 Å². The van der Waals surface area contributed by atoms with Gasteiger partial charge in [0.1, 0.15) is 34.0 Å². The van der Waals surface area contributed by atoms with E-state index in [0.717, 1.165) is 6.08 Å². The van der Waals surface area contributed by atoms with Gasteiger partial charge in [-0.2, -0.15) is 0 Å². The number of phenolic OH excluding ortho intramolecular Hbond substituents is 2. The molecule has 1 heterocycles. The minimum absolute atomic E-state index is 0.0119. The van der Waals surface area contributed by atoms with Crippen LogP contribution in [0.1, 0.15) is 52.6 Å². The molecule has 2 aliphatic rings. The number of phenols is 2. The lowest BCUT2D eigenvalue weighted by atomic mass is 9.70. The van der Waals surface area contributed by atoms with Crippen LogP contribution in [0.5, 0.6) is 17.2 Å². The molecule has 0 radical (unpaired) electrons. The number of nitrogens with one attached hydrogen (secondary N) is 2. The Labute approximate surface area is 216 Å². The summed E-state index contributed by atoms with van der Waals surface area (Å²) in [5, 5.41) is 35.7. The molecule has 2 aromatic carbocycles. The van der Waals surface area contributed by atoms with E-state index < -0.39 is 46.1 Å². The van der Waals surface area contributed by atoms with Crippen LogP contribution in [0.25, 0.3) is 0 Å². The molecule has 11 heteroatoms. The number of hydrogen-bond donors (Lipinski definition) is 5. The van der Waals surface area contributed by atoms with E-state index in [-0.39, 0.29) is 57.3 Å². The summed E-state index contributed by atoms with van der Waals surface area (Å²) in [7, 11) is 0. The van der Waals surface area contributed by atoms with Gasteiger partial charge in [-0.1, -0.05) is 6.07 Å². The van der Waals surface area contributed by atoms with Gasteiger partial charge in [0.05, 0.1) is 23.2 Å². The monoisotopic (exact) mass is 520 g/mol. The van der Waals surface area contributed by atoms with Crippen molar-refractivity contribution in [3.05, 3.63) is 69.6 Å². The van der Waals surface area contributed by atoms with Gasteiger partial charge in [0.15, 0.2) is 17.3 Å². The van der Waals surface area contributed by atoms with Crippen LogP contribution in [0.4, 0.5) is 5.69 Å². The van der Waals surface area contributed by atoms with Crippen LogP contribution >= 0.6 is 0 Å². The molecule has 1 aliphatic carbocycles. The number of hydrogen-bond acceptors (Lipinski definition) is 9. The summed E-state index contributed by atoms with van der Waals surface area (Å²) >= 11 is 0. The number of ether oxygens (including phenoxy) is 1. The third-order valence-electron chi connectivity index (χ3n) is 6.67. The van der Waals surface area contributed by atoms with E-state index in [0.29, 0.717) is 0 Å². The lowest BCUT2D eigenvalue weighted by Crippen LogP contribution is -2.41. The molecule has 0 bridgehead atoms. The van der Waals surface area contributed by atoms with E-state index in [9.17, 15) is 34.2 Å². The lowest BCUT2D eigenvalue weighted by Gasteiger charge is -2.29. The average molecular weight is 520 g/mol. The quantitative estimate of drug-likeness (QED) is 0.216. The third-order valence-corrected chi connectivity index (χ3v) is 6.67. The van der Waals surface area contributed by atoms with E-state index in [2.05, 4.69) is 10.6 Å². The maximum atomic E-state index is 13.8. The van der Waals surface area contributed by atoms with Gasteiger partial charge in [-0.3, -0.25) is 19.2 Å². The Balaban J connectivity index is 1.65. The first kappa shape index (κ1) is 26.1. The first-order valence-electron chi connectivity index (χ1n) is 11.5. The lowest BCUT2D eigenvalue weighted by molar-refractivity contribution is -0.124. The van der Waals surface area contributed by atoms with Crippen molar-refractivity contribution < 1.29 is 44.0 Å². The summed E-state index contributed by atoms with van der Waals surface area (Å²) in [6.07, 6.45) is 1.08. The largest absolute Gasteiger partial charge is 0.507 e. The highest BCUT2D eigenvalue weighted by Crippen LogP contribution is 2.57. The predicted octanol–water partition coefficient (Wildman–Crippen LogP) is 2.50. The Bertz CT molecular complexity index is 1530. The van der Waals surface area contributed by atoms with Gasteiger partial charge in [-0.15, -0.1) is 0 Å². The number of aromatic carboxylic acids is 1. The molecule has 5 N–H and O–H groups in total. The molecule has 38 heavy (non-hydrogen) atoms. The molecule has 0 unspecified atom stereocenters. The Morgan fingerprint density at radius 1 is 1.08 bits per heavy atom. The molecule has 0 saturated heterocycles. The van der Waals surface area contributed by atoms with Crippen LogP contribution in [0.15, 0.2) is 47.4 Å². The van der Waals surface area contributed by atoms with Gasteiger partial charge >= 0.3 is 5.97 Å². The molecular formula is C27H24N2O9. The zero-order chi connectivity index (χ0) is 28.1. The number of aromatic hydroxyl groups is 2. The van der Waals surface area contributed by atoms with Crippen molar-refractivity contribution in [1.82, 2.24) is 5.32 Å². The maximum absolute atomic E-state index is 13.8. The number of carboxylic acids is 1. The molecule has 196 valence electrons. The zero-order valence-corrected chi connectivity index (χ0v) is 20.9. The number of amides is 1. The number of ketones is 3. The van der Waals surface area contributed by atoms with Gasteiger partial charge in [0.2, 0.25) is 5.91 Å². The van der Waals surface area contributed by atoms with Crippen molar-refractivity contribution in [1.29, 1.82) is 0 Å². The number of Topliss-reactive ketones (excluding diaryl/α,β-unsaturated/α-hetero) is 2. The van der Waals surface area contributed by atoms with Crippen LogP contribution in [0.2, 0.25) is 0 Å². The van der Waals surface area contributed by atoms with Crippen LogP contribution in [0.3, 0.4) is 0 Å². The van der Waals surface area contributed by atoms with Gasteiger partial charge < -0.3 is 30.7 Å². The number of carbonyl (C=O) groups is 5. The topological polar surface area (TPSA) is 179 Å². The minimum Gasteiger partial charge on any atom is -0.507 e. The van der Waals surface area contributed by atoms with Gasteiger partial charge in [0, 0.05) is 23.0 Å². The second kappa shape index (κ2) is 9.18. The normalized spacial score (nSPS) is 19.1. The van der Waals surface area contributed by atoms with Crippen molar-refractivity contribution in [3.63, 3.8) is 0 Å². The van der Waals surface area contributed by atoms with Crippen molar-refractivity contribution in [3.8, 4) is 17.2 Å². The molecular weight excluding hydrogens is 496 g/mol. The molecule has 0 fully saturated rings. The number of rotatable bonds is 6. The zero-order valence-electron chi connectivity index (χ0n) is 20.9. The summed E-state index contributed by atoms with van der Waals surface area (Å²) in [6.45, 7) is 5.11. The Hall–Kier alpha value is -4.93. The fourth-order valence-corrected chi connectivity index (χ4v) is 4.60.